The van der Waals surface area contributed by atoms with Crippen molar-refractivity contribution in [2.75, 3.05) is 6.54 Å². The summed E-state index contributed by atoms with van der Waals surface area (Å²) in [6, 6.07) is -0.387. The number of aliphatic carboxylic acids is 1. The summed E-state index contributed by atoms with van der Waals surface area (Å²) in [5, 5.41) is 13.3. The number of rotatable bonds is 4. The highest BCUT2D eigenvalue weighted by atomic mass is 16.4. The molecule has 0 aliphatic rings. The molecule has 0 atom stereocenters. The van der Waals surface area contributed by atoms with Crippen LogP contribution in [-0.4, -0.2) is 23.7 Å². The zero-order chi connectivity index (χ0) is 10.3. The number of amides is 2. The Bertz CT molecular complexity index is 223. The minimum Gasteiger partial charge on any atom is -0.478 e. The van der Waals surface area contributed by atoms with Crippen molar-refractivity contribution in [3.63, 3.8) is 0 Å². The minimum atomic E-state index is -1.05. The van der Waals surface area contributed by atoms with Gasteiger partial charge in [-0.25, -0.2) is 9.59 Å². The lowest BCUT2D eigenvalue weighted by Crippen LogP contribution is -2.33. The Kier molecular flexibility index (Phi) is 5.34. The van der Waals surface area contributed by atoms with E-state index in [-0.39, 0.29) is 11.6 Å². The fourth-order valence-electron chi connectivity index (χ4n) is 0.525. The lowest BCUT2D eigenvalue weighted by atomic mass is 10.3. The van der Waals surface area contributed by atoms with Gasteiger partial charge < -0.3 is 15.7 Å². The van der Waals surface area contributed by atoms with Crippen molar-refractivity contribution >= 4 is 12.0 Å². The second-order valence-corrected chi connectivity index (χ2v) is 2.53. The molecule has 5 heteroatoms. The summed E-state index contributed by atoms with van der Waals surface area (Å²) < 4.78 is 0. The van der Waals surface area contributed by atoms with Crippen LogP contribution in [0.25, 0.3) is 0 Å². The van der Waals surface area contributed by atoms with Crippen molar-refractivity contribution < 1.29 is 14.7 Å². The Hall–Kier alpha value is -1.52. The van der Waals surface area contributed by atoms with E-state index in [1.54, 1.807) is 0 Å². The van der Waals surface area contributed by atoms with Gasteiger partial charge in [0.1, 0.15) is 0 Å². The van der Waals surface area contributed by atoms with Crippen LogP contribution in [0, 0.1) is 0 Å². The van der Waals surface area contributed by atoms with E-state index in [1.807, 2.05) is 6.92 Å². The summed E-state index contributed by atoms with van der Waals surface area (Å²) in [6.45, 7) is 3.91. The third kappa shape index (κ3) is 5.72. The van der Waals surface area contributed by atoms with Crippen LogP contribution in [0.4, 0.5) is 4.79 Å². The zero-order valence-corrected chi connectivity index (χ0v) is 7.76. The molecule has 0 aromatic rings. The average Bonchev–Trinajstić information content (AvgIpc) is 2.10. The normalized spacial score (nSPS) is 10.8. The molecular weight excluding hydrogens is 172 g/mol. The van der Waals surface area contributed by atoms with E-state index in [9.17, 15) is 9.59 Å². The molecule has 0 heterocycles. The Morgan fingerprint density at radius 3 is 2.54 bits per heavy atom. The van der Waals surface area contributed by atoms with Gasteiger partial charge in [0.25, 0.3) is 0 Å². The predicted octanol–water partition coefficient (Wildman–Crippen LogP) is 0.684. The Labute approximate surface area is 76.8 Å². The second-order valence-electron chi connectivity index (χ2n) is 2.53. The monoisotopic (exact) mass is 186 g/mol. The average molecular weight is 186 g/mol. The SMILES string of the molecule is CCCNC(=O)NC=C(C)C(=O)O. The van der Waals surface area contributed by atoms with E-state index in [4.69, 9.17) is 5.11 Å². The molecule has 2 amide bonds. The number of hydrogen-bond donors (Lipinski definition) is 3. The number of nitrogens with one attached hydrogen (secondary N) is 2. The van der Waals surface area contributed by atoms with Crippen LogP contribution in [0.2, 0.25) is 0 Å². The van der Waals surface area contributed by atoms with Gasteiger partial charge in [-0.05, 0) is 13.3 Å². The molecule has 13 heavy (non-hydrogen) atoms. The van der Waals surface area contributed by atoms with Crippen molar-refractivity contribution in [2.24, 2.45) is 0 Å². The van der Waals surface area contributed by atoms with Crippen LogP contribution >= 0.6 is 0 Å². The number of hydrogen-bond acceptors (Lipinski definition) is 2. The molecule has 0 aliphatic carbocycles. The first-order chi connectivity index (χ1) is 6.07. The minimum absolute atomic E-state index is 0.0895. The first kappa shape index (κ1) is 11.5. The van der Waals surface area contributed by atoms with Gasteiger partial charge in [-0.3, -0.25) is 0 Å². The Balaban J connectivity index is 3.80. The number of urea groups is 1. The largest absolute Gasteiger partial charge is 0.478 e. The molecule has 0 aromatic carbocycles. The van der Waals surface area contributed by atoms with Crippen molar-refractivity contribution in [1.29, 1.82) is 0 Å². The maximum absolute atomic E-state index is 10.9. The lowest BCUT2D eigenvalue weighted by molar-refractivity contribution is -0.132. The first-order valence-corrected chi connectivity index (χ1v) is 4.02. The van der Waals surface area contributed by atoms with Crippen molar-refractivity contribution in [1.82, 2.24) is 10.6 Å². The molecular formula is C8H14N2O3. The zero-order valence-electron chi connectivity index (χ0n) is 7.76. The van der Waals surface area contributed by atoms with E-state index >= 15 is 0 Å². The molecule has 0 rings (SSSR count). The van der Waals surface area contributed by atoms with Gasteiger partial charge >= 0.3 is 12.0 Å². The van der Waals surface area contributed by atoms with Crippen LogP contribution < -0.4 is 10.6 Å². The maximum atomic E-state index is 10.9. The fraction of sp³-hybridized carbons (Fsp3) is 0.500. The van der Waals surface area contributed by atoms with E-state index in [0.717, 1.165) is 12.6 Å². The van der Waals surface area contributed by atoms with Gasteiger partial charge in [-0.2, -0.15) is 0 Å². The van der Waals surface area contributed by atoms with Crippen LogP contribution in [-0.2, 0) is 4.79 Å². The molecule has 0 saturated carbocycles. The van der Waals surface area contributed by atoms with Crippen LogP contribution in [0.3, 0.4) is 0 Å². The Morgan fingerprint density at radius 2 is 2.08 bits per heavy atom. The van der Waals surface area contributed by atoms with Gasteiger partial charge in [0, 0.05) is 12.7 Å². The number of carbonyl (C=O) groups is 2. The van der Waals surface area contributed by atoms with E-state index in [0.29, 0.717) is 6.54 Å². The topological polar surface area (TPSA) is 78.4 Å². The quantitative estimate of drug-likeness (QED) is 0.565. The molecule has 5 nitrogen and oxygen atoms in total. The van der Waals surface area contributed by atoms with Gasteiger partial charge in [0.15, 0.2) is 0 Å². The predicted molar refractivity (Wildman–Crippen MR) is 48.2 cm³/mol. The summed E-state index contributed by atoms with van der Waals surface area (Å²) in [5.41, 5.74) is 0.0895. The molecule has 0 fully saturated rings. The van der Waals surface area contributed by atoms with E-state index in [2.05, 4.69) is 10.6 Å². The summed E-state index contributed by atoms with van der Waals surface area (Å²) >= 11 is 0. The standard InChI is InChI=1S/C8H14N2O3/c1-3-4-9-8(13)10-5-6(2)7(11)12/h5H,3-4H2,1-2H3,(H,11,12)(H2,9,10,13). The number of carboxylic acids is 1. The summed E-state index contributed by atoms with van der Waals surface area (Å²) in [4.78, 5) is 21.2. The van der Waals surface area contributed by atoms with Crippen molar-refractivity contribution in [2.45, 2.75) is 20.3 Å². The molecule has 3 N–H and O–H groups in total. The van der Waals surface area contributed by atoms with Crippen LogP contribution in [0.1, 0.15) is 20.3 Å². The smallest absolute Gasteiger partial charge is 0.332 e. The molecule has 0 bridgehead atoms. The maximum Gasteiger partial charge on any atom is 0.332 e. The van der Waals surface area contributed by atoms with E-state index < -0.39 is 5.97 Å². The molecule has 0 spiro atoms. The van der Waals surface area contributed by atoms with Crippen molar-refractivity contribution in [3.05, 3.63) is 11.8 Å². The highest BCUT2D eigenvalue weighted by Gasteiger charge is 2.00. The van der Waals surface area contributed by atoms with Gasteiger partial charge in [-0.15, -0.1) is 0 Å². The molecule has 0 aliphatic heterocycles. The molecule has 0 unspecified atom stereocenters. The molecule has 74 valence electrons. The highest BCUT2D eigenvalue weighted by Crippen LogP contribution is 1.87. The Morgan fingerprint density at radius 1 is 1.46 bits per heavy atom. The summed E-state index contributed by atoms with van der Waals surface area (Å²) in [5.74, 6) is -1.05. The summed E-state index contributed by atoms with van der Waals surface area (Å²) in [7, 11) is 0. The van der Waals surface area contributed by atoms with E-state index in [1.165, 1.54) is 6.92 Å². The number of carboxylic acid groups (broad SMARTS) is 1. The van der Waals surface area contributed by atoms with Crippen LogP contribution in [0.5, 0.6) is 0 Å². The third-order valence-corrected chi connectivity index (χ3v) is 1.29. The van der Waals surface area contributed by atoms with Gasteiger partial charge in [0.05, 0.1) is 5.57 Å². The molecule has 0 saturated heterocycles. The van der Waals surface area contributed by atoms with Gasteiger partial charge in [0.2, 0.25) is 0 Å². The fourth-order valence-corrected chi connectivity index (χ4v) is 0.525. The first-order valence-electron chi connectivity index (χ1n) is 4.02. The highest BCUT2D eigenvalue weighted by molar-refractivity contribution is 5.86. The number of carbonyl (C=O) groups excluding carboxylic acids is 1. The van der Waals surface area contributed by atoms with Crippen LogP contribution in [0.15, 0.2) is 11.8 Å². The summed E-state index contributed by atoms with van der Waals surface area (Å²) in [6.07, 6.45) is 2.00. The van der Waals surface area contributed by atoms with Gasteiger partial charge in [-0.1, -0.05) is 6.92 Å². The molecule has 0 aromatic heterocycles. The molecule has 0 radical (unpaired) electrons. The van der Waals surface area contributed by atoms with Crippen molar-refractivity contribution in [3.8, 4) is 0 Å². The third-order valence-electron chi connectivity index (χ3n) is 1.29. The second kappa shape index (κ2) is 6.05. The lowest BCUT2D eigenvalue weighted by Gasteiger charge is -2.02.